The molecule has 0 aliphatic heterocycles. The van der Waals surface area contributed by atoms with E-state index in [1.165, 1.54) is 44.1 Å². The lowest BCUT2D eigenvalue weighted by molar-refractivity contribution is 0.597. The van der Waals surface area contributed by atoms with E-state index in [0.29, 0.717) is 16.5 Å². The Balaban J connectivity index is 1.37. The van der Waals surface area contributed by atoms with Crippen LogP contribution in [0.3, 0.4) is 0 Å². The van der Waals surface area contributed by atoms with Crippen molar-refractivity contribution in [2.24, 2.45) is 0 Å². The van der Waals surface area contributed by atoms with E-state index in [1.54, 1.807) is 13.2 Å². The highest BCUT2D eigenvalue weighted by atomic mass is 16.3. The maximum Gasteiger partial charge on any atom is 0.195 e. The Morgan fingerprint density at radius 3 is 2.13 bits per heavy atom. The lowest BCUT2D eigenvalue weighted by Gasteiger charge is -2.16. The van der Waals surface area contributed by atoms with Crippen LogP contribution in [0.5, 0.6) is 0 Å². The van der Waals surface area contributed by atoms with E-state index in [0.717, 1.165) is 11.3 Å². The standard InChI is InChI=1S/C35H23NO2/c1-21-20-38-33-17-14-22(18-30(33)35(21)37)34-27-11-3-2-8-24(27)29-19-23(15-16-28(29)34)36-31-12-6-4-9-25(31)26-10-5-7-13-32(26)36/h2-20,34H,1H3. The summed E-state index contributed by atoms with van der Waals surface area (Å²) in [5, 5.41) is 3.15. The molecule has 1 aliphatic rings. The fourth-order valence-corrected chi connectivity index (χ4v) is 6.31. The van der Waals surface area contributed by atoms with Gasteiger partial charge in [0.05, 0.1) is 22.7 Å². The highest BCUT2D eigenvalue weighted by molar-refractivity contribution is 6.09. The molecule has 0 spiro atoms. The quantitative estimate of drug-likeness (QED) is 0.245. The van der Waals surface area contributed by atoms with E-state index >= 15 is 0 Å². The molecule has 0 fully saturated rings. The first-order chi connectivity index (χ1) is 18.7. The fourth-order valence-electron chi connectivity index (χ4n) is 6.31. The average molecular weight is 490 g/mol. The molecular formula is C35H23NO2. The molecule has 1 aliphatic carbocycles. The lowest BCUT2D eigenvalue weighted by Crippen LogP contribution is -2.06. The van der Waals surface area contributed by atoms with Gasteiger partial charge in [0.1, 0.15) is 5.58 Å². The van der Waals surface area contributed by atoms with Crippen LogP contribution < -0.4 is 5.43 Å². The van der Waals surface area contributed by atoms with Gasteiger partial charge in [0.2, 0.25) is 0 Å². The van der Waals surface area contributed by atoms with Crippen molar-refractivity contribution in [2.75, 3.05) is 0 Å². The summed E-state index contributed by atoms with van der Waals surface area (Å²) in [6.45, 7) is 1.80. The van der Waals surface area contributed by atoms with Gasteiger partial charge in [0.25, 0.3) is 0 Å². The summed E-state index contributed by atoms with van der Waals surface area (Å²) in [6, 6.07) is 38.7. The van der Waals surface area contributed by atoms with Crippen LogP contribution in [0.1, 0.15) is 28.2 Å². The van der Waals surface area contributed by atoms with E-state index in [1.807, 2.05) is 12.1 Å². The van der Waals surface area contributed by atoms with E-state index < -0.39 is 0 Å². The van der Waals surface area contributed by atoms with Gasteiger partial charge in [-0.2, -0.15) is 0 Å². The first-order valence-corrected chi connectivity index (χ1v) is 12.9. The number of hydrogen-bond donors (Lipinski definition) is 0. The normalized spacial score (nSPS) is 14.3. The molecule has 7 aromatic rings. The Morgan fingerprint density at radius 2 is 1.34 bits per heavy atom. The second kappa shape index (κ2) is 7.80. The summed E-state index contributed by atoms with van der Waals surface area (Å²) in [6.07, 6.45) is 1.54. The molecule has 0 saturated heterocycles. The van der Waals surface area contributed by atoms with Gasteiger partial charge in [-0.05, 0) is 71.1 Å². The lowest BCUT2D eigenvalue weighted by atomic mass is 9.88. The third-order valence-electron chi connectivity index (χ3n) is 8.05. The Kier molecular flexibility index (Phi) is 4.36. The zero-order valence-corrected chi connectivity index (χ0v) is 20.8. The minimum Gasteiger partial charge on any atom is -0.464 e. The molecule has 3 heteroatoms. The van der Waals surface area contributed by atoms with Crippen LogP contribution in [0, 0.1) is 6.92 Å². The van der Waals surface area contributed by atoms with Crippen molar-refractivity contribution in [3.63, 3.8) is 0 Å². The zero-order valence-electron chi connectivity index (χ0n) is 20.8. The number of benzene rings is 5. The first-order valence-electron chi connectivity index (χ1n) is 12.9. The van der Waals surface area contributed by atoms with Gasteiger partial charge in [-0.15, -0.1) is 0 Å². The van der Waals surface area contributed by atoms with Crippen molar-refractivity contribution in [2.45, 2.75) is 12.8 Å². The van der Waals surface area contributed by atoms with Crippen molar-refractivity contribution >= 4 is 32.8 Å². The molecule has 180 valence electrons. The number of fused-ring (bicyclic) bond motifs is 7. The van der Waals surface area contributed by atoms with Crippen molar-refractivity contribution in [3.8, 4) is 16.8 Å². The SMILES string of the molecule is Cc1coc2ccc(C3c4ccccc4-c4cc(-n5c6ccccc6c6ccccc65)ccc43)cc2c1=O. The van der Waals surface area contributed by atoms with Gasteiger partial charge in [-0.3, -0.25) is 4.79 Å². The van der Waals surface area contributed by atoms with Gasteiger partial charge in [0.15, 0.2) is 5.43 Å². The zero-order chi connectivity index (χ0) is 25.4. The van der Waals surface area contributed by atoms with Crippen LogP contribution >= 0.6 is 0 Å². The number of hydrogen-bond acceptors (Lipinski definition) is 2. The predicted molar refractivity (Wildman–Crippen MR) is 154 cm³/mol. The predicted octanol–water partition coefficient (Wildman–Crippen LogP) is 8.36. The Hall–Kier alpha value is -4.89. The van der Waals surface area contributed by atoms with Crippen LogP contribution in [0.15, 0.2) is 125 Å². The van der Waals surface area contributed by atoms with Gasteiger partial charge in [0, 0.05) is 27.9 Å². The van der Waals surface area contributed by atoms with Gasteiger partial charge < -0.3 is 8.98 Å². The summed E-state index contributed by atoms with van der Waals surface area (Å²) < 4.78 is 8.07. The first kappa shape index (κ1) is 21.2. The van der Waals surface area contributed by atoms with Crippen LogP contribution in [0.4, 0.5) is 0 Å². The van der Waals surface area contributed by atoms with Crippen LogP contribution in [-0.2, 0) is 0 Å². The number of aromatic nitrogens is 1. The van der Waals surface area contributed by atoms with Crippen LogP contribution in [0.2, 0.25) is 0 Å². The van der Waals surface area contributed by atoms with E-state index in [2.05, 4.69) is 102 Å². The number of nitrogens with zero attached hydrogens (tertiary/aromatic N) is 1. The molecule has 5 aromatic carbocycles. The molecule has 38 heavy (non-hydrogen) atoms. The minimum absolute atomic E-state index is 0.0290. The van der Waals surface area contributed by atoms with Crippen molar-refractivity contribution < 1.29 is 4.42 Å². The molecule has 0 bridgehead atoms. The molecule has 0 N–H and O–H groups in total. The molecule has 0 saturated carbocycles. The monoisotopic (exact) mass is 489 g/mol. The molecule has 3 nitrogen and oxygen atoms in total. The van der Waals surface area contributed by atoms with E-state index in [9.17, 15) is 4.79 Å². The van der Waals surface area contributed by atoms with E-state index in [4.69, 9.17) is 4.42 Å². The molecule has 0 amide bonds. The number of para-hydroxylation sites is 2. The number of rotatable bonds is 2. The molecule has 1 atom stereocenters. The maximum atomic E-state index is 12.9. The molecule has 0 radical (unpaired) electrons. The summed E-state index contributed by atoms with van der Waals surface area (Å²) in [7, 11) is 0. The second-order valence-electron chi connectivity index (χ2n) is 10.2. The molecule has 1 unspecified atom stereocenters. The minimum atomic E-state index is 0.0290. The second-order valence-corrected chi connectivity index (χ2v) is 10.2. The Labute approximate surface area is 219 Å². The highest BCUT2D eigenvalue weighted by Crippen LogP contribution is 2.49. The third kappa shape index (κ3) is 2.87. The van der Waals surface area contributed by atoms with Crippen LogP contribution in [-0.4, -0.2) is 4.57 Å². The Bertz CT molecular complexity index is 2080. The van der Waals surface area contributed by atoms with E-state index in [-0.39, 0.29) is 11.3 Å². The van der Waals surface area contributed by atoms with Crippen molar-refractivity contribution in [1.82, 2.24) is 4.57 Å². The van der Waals surface area contributed by atoms with Crippen molar-refractivity contribution in [1.29, 1.82) is 0 Å². The average Bonchev–Trinajstić information content (AvgIpc) is 3.48. The Morgan fingerprint density at radius 1 is 0.658 bits per heavy atom. The smallest absolute Gasteiger partial charge is 0.195 e. The van der Waals surface area contributed by atoms with Crippen LogP contribution in [0.25, 0.3) is 49.6 Å². The maximum absolute atomic E-state index is 12.9. The molecule has 2 heterocycles. The van der Waals surface area contributed by atoms with Gasteiger partial charge in [-0.25, -0.2) is 0 Å². The third-order valence-corrected chi connectivity index (χ3v) is 8.05. The summed E-state index contributed by atoms with van der Waals surface area (Å²) in [5.41, 5.74) is 10.9. The molecule has 2 aromatic heterocycles. The largest absolute Gasteiger partial charge is 0.464 e. The summed E-state index contributed by atoms with van der Waals surface area (Å²) in [4.78, 5) is 12.9. The van der Waals surface area contributed by atoms with Gasteiger partial charge in [-0.1, -0.05) is 72.8 Å². The molecular weight excluding hydrogens is 466 g/mol. The summed E-state index contributed by atoms with van der Waals surface area (Å²) in [5.74, 6) is 0.0534. The fraction of sp³-hybridized carbons (Fsp3) is 0.0571. The van der Waals surface area contributed by atoms with Gasteiger partial charge >= 0.3 is 0 Å². The summed E-state index contributed by atoms with van der Waals surface area (Å²) >= 11 is 0. The van der Waals surface area contributed by atoms with Crippen molar-refractivity contribution in [3.05, 3.63) is 148 Å². The topological polar surface area (TPSA) is 35.1 Å². The number of aryl methyl sites for hydroxylation is 1. The molecule has 8 rings (SSSR count). The highest BCUT2D eigenvalue weighted by Gasteiger charge is 2.30.